The first kappa shape index (κ1) is 20.2. The molecule has 1 heterocycles. The highest BCUT2D eigenvalue weighted by Gasteiger charge is 2.20. The summed E-state index contributed by atoms with van der Waals surface area (Å²) in [5.41, 5.74) is 0.470. The van der Waals surface area contributed by atoms with Crippen LogP contribution >= 0.6 is 0 Å². The van der Waals surface area contributed by atoms with Gasteiger partial charge in [0.2, 0.25) is 5.91 Å². The molecule has 4 amide bonds. The zero-order valence-electron chi connectivity index (χ0n) is 15.2. The van der Waals surface area contributed by atoms with Crippen LogP contribution in [0, 0.1) is 0 Å². The van der Waals surface area contributed by atoms with E-state index in [2.05, 4.69) is 10.6 Å². The highest BCUT2D eigenvalue weighted by atomic mass is 16.5. The molecule has 0 atom stereocenters. The number of imide groups is 1. The maximum absolute atomic E-state index is 11.8. The minimum Gasteiger partial charge on any atom is -0.497 e. The Bertz CT molecular complexity index is 689. The third kappa shape index (κ3) is 6.96. The molecule has 1 aliphatic heterocycles. The maximum Gasteiger partial charge on any atom is 0.326 e. The number of hydrogen-bond donors (Lipinski definition) is 2. The van der Waals surface area contributed by atoms with Gasteiger partial charge in [0.05, 0.1) is 7.11 Å². The van der Waals surface area contributed by atoms with E-state index < -0.39 is 24.5 Å². The SMILES string of the molecule is COc1ccc(NC(=O)NC(=O)COC(=O)CN2CCCCCC2=O)cc1. The Labute approximate surface area is 157 Å². The number of rotatable bonds is 6. The van der Waals surface area contributed by atoms with Crippen molar-refractivity contribution in [3.8, 4) is 5.75 Å². The van der Waals surface area contributed by atoms with Crippen LogP contribution in [0.25, 0.3) is 0 Å². The fraction of sp³-hybridized carbons (Fsp3) is 0.444. The van der Waals surface area contributed by atoms with Crippen molar-refractivity contribution < 1.29 is 28.7 Å². The largest absolute Gasteiger partial charge is 0.497 e. The number of nitrogens with one attached hydrogen (secondary N) is 2. The van der Waals surface area contributed by atoms with E-state index in [1.807, 2.05) is 0 Å². The van der Waals surface area contributed by atoms with Gasteiger partial charge in [0.25, 0.3) is 5.91 Å². The summed E-state index contributed by atoms with van der Waals surface area (Å²) in [6, 6.07) is 5.79. The molecule has 0 aliphatic carbocycles. The molecule has 1 aromatic rings. The van der Waals surface area contributed by atoms with E-state index in [-0.39, 0.29) is 12.5 Å². The summed E-state index contributed by atoms with van der Waals surface area (Å²) in [4.78, 5) is 48.5. The number of hydrogen-bond acceptors (Lipinski definition) is 6. The van der Waals surface area contributed by atoms with Crippen molar-refractivity contribution in [2.45, 2.75) is 25.7 Å². The molecule has 2 rings (SSSR count). The Morgan fingerprint density at radius 1 is 1.11 bits per heavy atom. The summed E-state index contributed by atoms with van der Waals surface area (Å²) in [6.45, 7) is -0.286. The van der Waals surface area contributed by atoms with E-state index in [1.165, 1.54) is 12.0 Å². The predicted octanol–water partition coefficient (Wildman–Crippen LogP) is 1.29. The van der Waals surface area contributed by atoms with Crippen molar-refractivity contribution in [2.24, 2.45) is 0 Å². The van der Waals surface area contributed by atoms with Gasteiger partial charge < -0.3 is 19.7 Å². The lowest BCUT2D eigenvalue weighted by Crippen LogP contribution is -2.39. The summed E-state index contributed by atoms with van der Waals surface area (Å²) in [6.07, 6.45) is 3.02. The quantitative estimate of drug-likeness (QED) is 0.722. The summed E-state index contributed by atoms with van der Waals surface area (Å²) in [7, 11) is 1.53. The fourth-order valence-electron chi connectivity index (χ4n) is 2.55. The highest BCUT2D eigenvalue weighted by molar-refractivity contribution is 6.01. The number of carbonyl (C=O) groups excluding carboxylic acids is 4. The second kappa shape index (κ2) is 10.1. The molecule has 0 saturated carbocycles. The van der Waals surface area contributed by atoms with Gasteiger partial charge in [0.15, 0.2) is 6.61 Å². The van der Waals surface area contributed by atoms with Gasteiger partial charge in [-0.3, -0.25) is 19.7 Å². The van der Waals surface area contributed by atoms with Crippen LogP contribution in [-0.4, -0.2) is 55.5 Å². The van der Waals surface area contributed by atoms with Crippen molar-refractivity contribution >= 4 is 29.5 Å². The number of benzene rings is 1. The lowest BCUT2D eigenvalue weighted by molar-refractivity contribution is -0.152. The van der Waals surface area contributed by atoms with Gasteiger partial charge in [-0.05, 0) is 37.1 Å². The van der Waals surface area contributed by atoms with Gasteiger partial charge in [-0.15, -0.1) is 0 Å². The summed E-state index contributed by atoms with van der Waals surface area (Å²) in [5, 5.41) is 4.53. The molecule has 2 N–H and O–H groups in total. The average molecular weight is 377 g/mol. The molecule has 1 saturated heterocycles. The lowest BCUT2D eigenvalue weighted by atomic mass is 10.2. The number of amides is 4. The van der Waals surface area contributed by atoms with Crippen molar-refractivity contribution in [3.63, 3.8) is 0 Å². The predicted molar refractivity (Wildman–Crippen MR) is 96.2 cm³/mol. The van der Waals surface area contributed by atoms with Crippen molar-refractivity contribution in [2.75, 3.05) is 32.1 Å². The van der Waals surface area contributed by atoms with E-state index in [0.717, 1.165) is 19.3 Å². The molecule has 1 fully saturated rings. The smallest absolute Gasteiger partial charge is 0.326 e. The summed E-state index contributed by atoms with van der Waals surface area (Å²) in [5.74, 6) is -0.910. The van der Waals surface area contributed by atoms with Crippen molar-refractivity contribution in [1.29, 1.82) is 0 Å². The van der Waals surface area contributed by atoms with Gasteiger partial charge in [-0.1, -0.05) is 6.42 Å². The van der Waals surface area contributed by atoms with Crippen LogP contribution in [0.5, 0.6) is 5.75 Å². The minimum atomic E-state index is -0.767. The van der Waals surface area contributed by atoms with Gasteiger partial charge in [0, 0.05) is 18.7 Å². The first-order valence-electron chi connectivity index (χ1n) is 8.66. The topological polar surface area (TPSA) is 114 Å². The third-order valence-electron chi connectivity index (χ3n) is 3.96. The van der Waals surface area contributed by atoms with Gasteiger partial charge in [-0.2, -0.15) is 0 Å². The Balaban J connectivity index is 1.70. The number of ether oxygens (including phenoxy) is 2. The van der Waals surface area contributed by atoms with Crippen molar-refractivity contribution in [1.82, 2.24) is 10.2 Å². The molecule has 0 radical (unpaired) electrons. The first-order chi connectivity index (χ1) is 13.0. The molecule has 9 heteroatoms. The van der Waals surface area contributed by atoms with Crippen LogP contribution < -0.4 is 15.4 Å². The monoisotopic (exact) mass is 377 g/mol. The van der Waals surface area contributed by atoms with Crippen LogP contribution in [0.2, 0.25) is 0 Å². The molecular weight excluding hydrogens is 354 g/mol. The Morgan fingerprint density at radius 3 is 2.56 bits per heavy atom. The molecule has 1 aromatic carbocycles. The molecule has 0 unspecified atom stereocenters. The molecule has 146 valence electrons. The molecule has 0 spiro atoms. The first-order valence-corrected chi connectivity index (χ1v) is 8.66. The number of likely N-dealkylation sites (tertiary alicyclic amines) is 1. The van der Waals surface area contributed by atoms with E-state index in [9.17, 15) is 19.2 Å². The van der Waals surface area contributed by atoms with E-state index in [1.54, 1.807) is 24.3 Å². The minimum absolute atomic E-state index is 0.0900. The van der Waals surface area contributed by atoms with Crippen LogP contribution in [0.15, 0.2) is 24.3 Å². The zero-order chi connectivity index (χ0) is 19.6. The molecular formula is C18H23N3O6. The normalized spacial score (nSPS) is 14.1. The van der Waals surface area contributed by atoms with Gasteiger partial charge in [-0.25, -0.2) is 4.79 Å². The van der Waals surface area contributed by atoms with Crippen molar-refractivity contribution in [3.05, 3.63) is 24.3 Å². The van der Waals surface area contributed by atoms with Crippen LogP contribution in [-0.2, 0) is 19.1 Å². The third-order valence-corrected chi connectivity index (χ3v) is 3.96. The van der Waals surface area contributed by atoms with Gasteiger partial charge in [0.1, 0.15) is 12.3 Å². The molecule has 9 nitrogen and oxygen atoms in total. The summed E-state index contributed by atoms with van der Waals surface area (Å²) < 4.78 is 9.84. The van der Waals surface area contributed by atoms with Crippen LogP contribution in [0.1, 0.15) is 25.7 Å². The standard InChI is InChI=1S/C18H23N3O6/c1-26-14-8-6-13(7-9-14)19-18(25)20-15(22)12-27-17(24)11-21-10-4-2-3-5-16(21)23/h6-9H,2-5,10-12H2,1H3,(H2,19,20,22,25). The van der Waals surface area contributed by atoms with Gasteiger partial charge >= 0.3 is 12.0 Å². The number of urea groups is 1. The lowest BCUT2D eigenvalue weighted by Gasteiger charge is -2.19. The highest BCUT2D eigenvalue weighted by Crippen LogP contribution is 2.14. The number of carbonyl (C=O) groups is 4. The Morgan fingerprint density at radius 2 is 1.85 bits per heavy atom. The average Bonchev–Trinajstić information content (AvgIpc) is 2.85. The number of esters is 1. The second-order valence-electron chi connectivity index (χ2n) is 6.02. The second-order valence-corrected chi connectivity index (χ2v) is 6.02. The molecule has 0 aromatic heterocycles. The fourth-order valence-corrected chi connectivity index (χ4v) is 2.55. The Kier molecular flexibility index (Phi) is 7.60. The zero-order valence-corrected chi connectivity index (χ0v) is 15.2. The summed E-state index contributed by atoms with van der Waals surface area (Å²) >= 11 is 0. The number of anilines is 1. The number of methoxy groups -OCH3 is 1. The Hall–Kier alpha value is -3.10. The maximum atomic E-state index is 11.8. The molecule has 1 aliphatic rings. The van der Waals surface area contributed by atoms with Crippen LogP contribution in [0.3, 0.4) is 0 Å². The molecule has 27 heavy (non-hydrogen) atoms. The van der Waals surface area contributed by atoms with E-state index >= 15 is 0 Å². The van der Waals surface area contributed by atoms with Crippen LogP contribution in [0.4, 0.5) is 10.5 Å². The van der Waals surface area contributed by atoms with E-state index in [4.69, 9.17) is 9.47 Å². The molecule has 0 bridgehead atoms. The van der Waals surface area contributed by atoms with E-state index in [0.29, 0.717) is 24.4 Å². The number of nitrogens with zero attached hydrogens (tertiary/aromatic N) is 1.